The SMILES string of the molecule is CC(Cc1ccc(Br)cc1)NCc1cnc(N2CCOCC2)s1. The molecule has 1 unspecified atom stereocenters. The lowest BCUT2D eigenvalue weighted by atomic mass is 10.1. The Balaban J connectivity index is 1.48. The van der Waals surface area contributed by atoms with Gasteiger partial charge in [-0.15, -0.1) is 11.3 Å². The van der Waals surface area contributed by atoms with Gasteiger partial charge in [0.2, 0.25) is 0 Å². The zero-order valence-electron chi connectivity index (χ0n) is 13.3. The van der Waals surface area contributed by atoms with Gasteiger partial charge in [-0.3, -0.25) is 0 Å². The van der Waals surface area contributed by atoms with Gasteiger partial charge in [-0.25, -0.2) is 4.98 Å². The highest BCUT2D eigenvalue weighted by atomic mass is 79.9. The third kappa shape index (κ3) is 5.01. The van der Waals surface area contributed by atoms with Crippen LogP contribution in [0.15, 0.2) is 34.9 Å². The average molecular weight is 396 g/mol. The Hall–Kier alpha value is -0.950. The van der Waals surface area contributed by atoms with Gasteiger partial charge in [0.25, 0.3) is 0 Å². The average Bonchev–Trinajstić information content (AvgIpc) is 3.05. The molecule has 2 aromatic rings. The number of rotatable bonds is 6. The van der Waals surface area contributed by atoms with Crippen LogP contribution in [0.2, 0.25) is 0 Å². The predicted octanol–water partition coefficient (Wildman–Crippen LogP) is 3.46. The van der Waals surface area contributed by atoms with Gasteiger partial charge in [0.05, 0.1) is 13.2 Å². The molecule has 1 saturated heterocycles. The molecule has 1 aromatic heterocycles. The first kappa shape index (κ1) is 16.9. The van der Waals surface area contributed by atoms with Crippen molar-refractivity contribution in [3.05, 3.63) is 45.4 Å². The van der Waals surface area contributed by atoms with Gasteiger partial charge >= 0.3 is 0 Å². The number of benzene rings is 1. The quantitative estimate of drug-likeness (QED) is 0.812. The van der Waals surface area contributed by atoms with Crippen LogP contribution in [0, 0.1) is 0 Å². The van der Waals surface area contributed by atoms with Crippen LogP contribution in [-0.4, -0.2) is 37.3 Å². The summed E-state index contributed by atoms with van der Waals surface area (Å²) < 4.78 is 6.52. The summed E-state index contributed by atoms with van der Waals surface area (Å²) >= 11 is 5.26. The van der Waals surface area contributed by atoms with Crippen molar-refractivity contribution in [3.8, 4) is 0 Å². The third-order valence-corrected chi connectivity index (χ3v) is 5.49. The van der Waals surface area contributed by atoms with E-state index in [1.54, 1.807) is 11.3 Å². The number of hydrogen-bond donors (Lipinski definition) is 1. The van der Waals surface area contributed by atoms with E-state index in [9.17, 15) is 0 Å². The Kier molecular flexibility index (Phi) is 6.05. The molecule has 0 amide bonds. The highest BCUT2D eigenvalue weighted by molar-refractivity contribution is 9.10. The molecule has 1 aliphatic rings. The van der Waals surface area contributed by atoms with Crippen molar-refractivity contribution in [1.82, 2.24) is 10.3 Å². The normalized spacial score (nSPS) is 16.5. The van der Waals surface area contributed by atoms with Crippen molar-refractivity contribution in [2.75, 3.05) is 31.2 Å². The molecule has 6 heteroatoms. The summed E-state index contributed by atoms with van der Waals surface area (Å²) in [5.74, 6) is 0. The van der Waals surface area contributed by atoms with Crippen molar-refractivity contribution in [2.45, 2.75) is 25.9 Å². The zero-order chi connectivity index (χ0) is 16.1. The number of hydrogen-bond acceptors (Lipinski definition) is 5. The van der Waals surface area contributed by atoms with Crippen LogP contribution in [0.5, 0.6) is 0 Å². The monoisotopic (exact) mass is 395 g/mol. The molecule has 1 aliphatic heterocycles. The van der Waals surface area contributed by atoms with Crippen LogP contribution in [0.25, 0.3) is 0 Å². The maximum Gasteiger partial charge on any atom is 0.185 e. The van der Waals surface area contributed by atoms with Gasteiger partial charge in [0.1, 0.15) is 0 Å². The number of nitrogens with zero attached hydrogens (tertiary/aromatic N) is 2. The van der Waals surface area contributed by atoms with E-state index in [4.69, 9.17) is 4.74 Å². The Bertz CT molecular complexity index is 611. The summed E-state index contributed by atoms with van der Waals surface area (Å²) in [6, 6.07) is 8.97. The van der Waals surface area contributed by atoms with E-state index in [1.165, 1.54) is 10.4 Å². The summed E-state index contributed by atoms with van der Waals surface area (Å²) in [6.45, 7) is 6.60. The molecule has 23 heavy (non-hydrogen) atoms. The number of thiazole rings is 1. The molecule has 1 N–H and O–H groups in total. The predicted molar refractivity (Wildman–Crippen MR) is 99.3 cm³/mol. The minimum absolute atomic E-state index is 0.435. The molecule has 124 valence electrons. The maximum absolute atomic E-state index is 5.39. The molecule has 0 aliphatic carbocycles. The fourth-order valence-electron chi connectivity index (χ4n) is 2.60. The first-order valence-corrected chi connectivity index (χ1v) is 9.57. The summed E-state index contributed by atoms with van der Waals surface area (Å²) in [4.78, 5) is 8.15. The van der Waals surface area contributed by atoms with Gasteiger partial charge in [-0.05, 0) is 31.0 Å². The van der Waals surface area contributed by atoms with E-state index in [1.807, 2.05) is 6.20 Å². The van der Waals surface area contributed by atoms with Crippen LogP contribution in [0.1, 0.15) is 17.4 Å². The minimum atomic E-state index is 0.435. The van der Waals surface area contributed by atoms with E-state index < -0.39 is 0 Å². The lowest BCUT2D eigenvalue weighted by molar-refractivity contribution is 0.122. The Labute approximate surface area is 150 Å². The number of anilines is 1. The van der Waals surface area contributed by atoms with Crippen molar-refractivity contribution in [2.24, 2.45) is 0 Å². The molecule has 1 atom stereocenters. The Morgan fingerprint density at radius 2 is 2.04 bits per heavy atom. The van der Waals surface area contributed by atoms with Crippen LogP contribution < -0.4 is 10.2 Å². The zero-order valence-corrected chi connectivity index (χ0v) is 15.7. The lowest BCUT2D eigenvalue weighted by Crippen LogP contribution is -2.36. The Morgan fingerprint density at radius 3 is 2.78 bits per heavy atom. The minimum Gasteiger partial charge on any atom is -0.378 e. The van der Waals surface area contributed by atoms with Crippen LogP contribution in [-0.2, 0) is 17.7 Å². The van der Waals surface area contributed by atoms with Crippen LogP contribution >= 0.6 is 27.3 Å². The summed E-state index contributed by atoms with van der Waals surface area (Å²) in [5.41, 5.74) is 1.35. The largest absolute Gasteiger partial charge is 0.378 e. The highest BCUT2D eigenvalue weighted by Gasteiger charge is 2.14. The number of morpholine rings is 1. The van der Waals surface area contributed by atoms with Crippen molar-refractivity contribution in [1.29, 1.82) is 0 Å². The van der Waals surface area contributed by atoms with Crippen molar-refractivity contribution in [3.63, 3.8) is 0 Å². The molecule has 1 aromatic carbocycles. The fourth-order valence-corrected chi connectivity index (χ4v) is 3.78. The molecule has 0 bridgehead atoms. The first-order valence-electron chi connectivity index (χ1n) is 7.96. The smallest absolute Gasteiger partial charge is 0.185 e. The van der Waals surface area contributed by atoms with E-state index in [-0.39, 0.29) is 0 Å². The van der Waals surface area contributed by atoms with E-state index in [0.717, 1.165) is 48.9 Å². The van der Waals surface area contributed by atoms with Gasteiger partial charge in [-0.1, -0.05) is 28.1 Å². The lowest BCUT2D eigenvalue weighted by Gasteiger charge is -2.26. The van der Waals surface area contributed by atoms with Gasteiger partial charge in [-0.2, -0.15) is 0 Å². The molecule has 3 rings (SSSR count). The number of nitrogens with one attached hydrogen (secondary N) is 1. The highest BCUT2D eigenvalue weighted by Crippen LogP contribution is 2.23. The molecular weight excluding hydrogens is 374 g/mol. The van der Waals surface area contributed by atoms with Crippen molar-refractivity contribution < 1.29 is 4.74 Å². The number of ether oxygens (including phenoxy) is 1. The second-order valence-electron chi connectivity index (χ2n) is 5.82. The van der Waals surface area contributed by atoms with Crippen molar-refractivity contribution >= 4 is 32.4 Å². The summed E-state index contributed by atoms with van der Waals surface area (Å²) in [6.07, 6.45) is 3.03. The molecule has 0 saturated carbocycles. The van der Waals surface area contributed by atoms with Gasteiger partial charge < -0.3 is 15.0 Å². The molecule has 2 heterocycles. The summed E-state index contributed by atoms with van der Waals surface area (Å²) in [7, 11) is 0. The third-order valence-electron chi connectivity index (χ3n) is 3.90. The van der Waals surface area contributed by atoms with Crippen LogP contribution in [0.4, 0.5) is 5.13 Å². The van der Waals surface area contributed by atoms with E-state index in [2.05, 4.69) is 62.3 Å². The van der Waals surface area contributed by atoms with Crippen LogP contribution in [0.3, 0.4) is 0 Å². The van der Waals surface area contributed by atoms with Gasteiger partial charge in [0.15, 0.2) is 5.13 Å². The standard InChI is InChI=1S/C17H22BrN3OS/c1-13(10-14-2-4-15(18)5-3-14)19-11-16-12-20-17(23-16)21-6-8-22-9-7-21/h2-5,12-13,19H,6-11H2,1H3. The number of halogens is 1. The first-order chi connectivity index (χ1) is 11.2. The molecule has 0 spiro atoms. The van der Waals surface area contributed by atoms with E-state index in [0.29, 0.717) is 6.04 Å². The maximum atomic E-state index is 5.39. The number of aromatic nitrogens is 1. The topological polar surface area (TPSA) is 37.4 Å². The summed E-state index contributed by atoms with van der Waals surface area (Å²) in [5, 5.41) is 4.71. The fraction of sp³-hybridized carbons (Fsp3) is 0.471. The molecule has 4 nitrogen and oxygen atoms in total. The molecule has 0 radical (unpaired) electrons. The Morgan fingerprint density at radius 1 is 1.30 bits per heavy atom. The molecular formula is C17H22BrN3OS. The van der Waals surface area contributed by atoms with E-state index >= 15 is 0 Å². The molecule has 1 fully saturated rings. The van der Waals surface area contributed by atoms with Gasteiger partial charge in [0, 0.05) is 41.2 Å². The second-order valence-corrected chi connectivity index (χ2v) is 7.83. The second kappa shape index (κ2) is 8.24.